The van der Waals surface area contributed by atoms with Gasteiger partial charge in [-0.3, -0.25) is 4.79 Å². The third-order valence-electron chi connectivity index (χ3n) is 3.81. The van der Waals surface area contributed by atoms with Crippen LogP contribution in [0.15, 0.2) is 18.2 Å². The molecule has 104 valence electrons. The molecule has 2 rings (SSSR count). The van der Waals surface area contributed by atoms with Gasteiger partial charge >= 0.3 is 0 Å². The monoisotopic (exact) mass is 262 g/mol. The summed E-state index contributed by atoms with van der Waals surface area (Å²) in [5.41, 5.74) is 7.71. The maximum Gasteiger partial charge on any atom is 0.227 e. The van der Waals surface area contributed by atoms with Gasteiger partial charge in [0.05, 0.1) is 7.11 Å². The van der Waals surface area contributed by atoms with E-state index in [1.54, 1.807) is 7.11 Å². The van der Waals surface area contributed by atoms with Crippen molar-refractivity contribution in [3.63, 3.8) is 0 Å². The van der Waals surface area contributed by atoms with Crippen molar-refractivity contribution < 1.29 is 9.53 Å². The van der Waals surface area contributed by atoms with E-state index in [0.717, 1.165) is 42.7 Å². The third-order valence-corrected chi connectivity index (χ3v) is 3.81. The van der Waals surface area contributed by atoms with Crippen LogP contribution >= 0.6 is 0 Å². The van der Waals surface area contributed by atoms with Crippen LogP contribution in [0.3, 0.4) is 0 Å². The molecule has 0 aromatic heterocycles. The van der Waals surface area contributed by atoms with E-state index in [1.807, 2.05) is 25.1 Å². The summed E-state index contributed by atoms with van der Waals surface area (Å²) in [4.78, 5) is 12.2. The van der Waals surface area contributed by atoms with Crippen LogP contribution in [-0.2, 0) is 4.79 Å². The number of aryl methyl sites for hydroxylation is 1. The van der Waals surface area contributed by atoms with Crippen molar-refractivity contribution in [1.29, 1.82) is 0 Å². The zero-order chi connectivity index (χ0) is 13.8. The normalized spacial score (nSPS) is 22.9. The zero-order valence-electron chi connectivity index (χ0n) is 11.6. The standard InChI is InChI=1S/C15H22N2O2/c1-10-9-13(7-8-14(10)19-2)17-15(18)11-3-5-12(16)6-4-11/h7-9,11-12H,3-6,16H2,1-2H3,(H,17,18). The van der Waals surface area contributed by atoms with Gasteiger partial charge < -0.3 is 15.8 Å². The van der Waals surface area contributed by atoms with Gasteiger partial charge in [0, 0.05) is 17.6 Å². The summed E-state index contributed by atoms with van der Waals surface area (Å²) in [5.74, 6) is 1.04. The number of methoxy groups -OCH3 is 1. The van der Waals surface area contributed by atoms with Gasteiger partial charge in [-0.1, -0.05) is 0 Å². The number of ether oxygens (including phenoxy) is 1. The lowest BCUT2D eigenvalue weighted by molar-refractivity contribution is -0.120. The summed E-state index contributed by atoms with van der Waals surface area (Å²) in [6.07, 6.45) is 3.67. The van der Waals surface area contributed by atoms with Crippen LogP contribution in [0.1, 0.15) is 31.2 Å². The van der Waals surface area contributed by atoms with Gasteiger partial charge in [0.15, 0.2) is 0 Å². The van der Waals surface area contributed by atoms with Crippen LogP contribution in [0.5, 0.6) is 5.75 Å². The Morgan fingerprint density at radius 1 is 1.32 bits per heavy atom. The Morgan fingerprint density at radius 3 is 2.58 bits per heavy atom. The first kappa shape index (κ1) is 13.9. The molecular formula is C15H22N2O2. The van der Waals surface area contributed by atoms with Crippen molar-refractivity contribution in [2.75, 3.05) is 12.4 Å². The number of amides is 1. The average Bonchev–Trinajstić information content (AvgIpc) is 2.39. The summed E-state index contributed by atoms with van der Waals surface area (Å²) >= 11 is 0. The Morgan fingerprint density at radius 2 is 2.00 bits per heavy atom. The van der Waals surface area contributed by atoms with Crippen molar-refractivity contribution in [2.24, 2.45) is 11.7 Å². The SMILES string of the molecule is COc1ccc(NC(=O)C2CCC(N)CC2)cc1C. The van der Waals surface area contributed by atoms with Crippen LogP contribution in [0.4, 0.5) is 5.69 Å². The molecule has 0 radical (unpaired) electrons. The second kappa shape index (κ2) is 6.06. The fourth-order valence-electron chi connectivity index (χ4n) is 2.58. The molecule has 1 fully saturated rings. The zero-order valence-corrected chi connectivity index (χ0v) is 11.6. The Hall–Kier alpha value is -1.55. The van der Waals surface area contributed by atoms with E-state index in [-0.39, 0.29) is 17.9 Å². The summed E-state index contributed by atoms with van der Waals surface area (Å²) in [7, 11) is 1.64. The fraction of sp³-hybridized carbons (Fsp3) is 0.533. The molecule has 0 spiro atoms. The molecule has 0 saturated heterocycles. The summed E-state index contributed by atoms with van der Waals surface area (Å²) in [5, 5.41) is 2.98. The van der Waals surface area contributed by atoms with Crippen molar-refractivity contribution in [3.8, 4) is 5.75 Å². The van der Waals surface area contributed by atoms with Crippen molar-refractivity contribution in [1.82, 2.24) is 0 Å². The number of hydrogen-bond acceptors (Lipinski definition) is 3. The Balaban J connectivity index is 1.97. The van der Waals surface area contributed by atoms with Crippen LogP contribution in [-0.4, -0.2) is 19.1 Å². The number of rotatable bonds is 3. The molecule has 4 nitrogen and oxygen atoms in total. The number of nitrogens with one attached hydrogen (secondary N) is 1. The largest absolute Gasteiger partial charge is 0.496 e. The molecule has 0 atom stereocenters. The molecular weight excluding hydrogens is 240 g/mol. The van der Waals surface area contributed by atoms with Gasteiger partial charge in [0.25, 0.3) is 0 Å². The van der Waals surface area contributed by atoms with E-state index in [2.05, 4.69) is 5.32 Å². The van der Waals surface area contributed by atoms with Gasteiger partial charge in [0.1, 0.15) is 5.75 Å². The molecule has 1 aliphatic carbocycles. The minimum Gasteiger partial charge on any atom is -0.496 e. The predicted octanol–water partition coefficient (Wildman–Crippen LogP) is 2.46. The Kier molecular flexibility index (Phi) is 4.43. The van der Waals surface area contributed by atoms with Gasteiger partial charge in [-0.15, -0.1) is 0 Å². The molecule has 0 heterocycles. The van der Waals surface area contributed by atoms with Crippen LogP contribution < -0.4 is 15.8 Å². The first-order valence-corrected chi connectivity index (χ1v) is 6.81. The molecule has 0 bridgehead atoms. The first-order chi connectivity index (χ1) is 9.10. The molecule has 4 heteroatoms. The van der Waals surface area contributed by atoms with Crippen molar-refractivity contribution in [3.05, 3.63) is 23.8 Å². The number of carbonyl (C=O) groups excluding carboxylic acids is 1. The van der Waals surface area contributed by atoms with Crippen LogP contribution in [0.2, 0.25) is 0 Å². The van der Waals surface area contributed by atoms with E-state index >= 15 is 0 Å². The number of benzene rings is 1. The number of carbonyl (C=O) groups is 1. The maximum atomic E-state index is 12.2. The topological polar surface area (TPSA) is 64.3 Å². The quantitative estimate of drug-likeness (QED) is 0.879. The van der Waals surface area contributed by atoms with Gasteiger partial charge in [0.2, 0.25) is 5.91 Å². The Labute approximate surface area is 114 Å². The predicted molar refractivity (Wildman–Crippen MR) is 76.3 cm³/mol. The average molecular weight is 262 g/mol. The molecule has 19 heavy (non-hydrogen) atoms. The molecule has 1 amide bonds. The van der Waals surface area contributed by atoms with Crippen molar-refractivity contribution in [2.45, 2.75) is 38.6 Å². The molecule has 3 N–H and O–H groups in total. The van der Waals surface area contributed by atoms with Gasteiger partial charge in [-0.2, -0.15) is 0 Å². The second-order valence-electron chi connectivity index (χ2n) is 5.29. The van der Waals surface area contributed by atoms with E-state index in [9.17, 15) is 4.79 Å². The van der Waals surface area contributed by atoms with Gasteiger partial charge in [-0.25, -0.2) is 0 Å². The highest BCUT2D eigenvalue weighted by molar-refractivity contribution is 5.92. The summed E-state index contributed by atoms with van der Waals surface area (Å²) < 4.78 is 5.21. The summed E-state index contributed by atoms with van der Waals surface area (Å²) in [6, 6.07) is 5.96. The number of anilines is 1. The van der Waals surface area contributed by atoms with Crippen molar-refractivity contribution >= 4 is 11.6 Å². The number of nitrogens with two attached hydrogens (primary N) is 1. The van der Waals surface area contributed by atoms with E-state index < -0.39 is 0 Å². The van der Waals surface area contributed by atoms with Crippen LogP contribution in [0, 0.1) is 12.8 Å². The fourth-order valence-corrected chi connectivity index (χ4v) is 2.58. The first-order valence-electron chi connectivity index (χ1n) is 6.81. The molecule has 0 aliphatic heterocycles. The minimum atomic E-state index is 0.0993. The number of hydrogen-bond donors (Lipinski definition) is 2. The molecule has 1 aromatic rings. The lowest BCUT2D eigenvalue weighted by Crippen LogP contribution is -2.32. The highest BCUT2D eigenvalue weighted by Gasteiger charge is 2.24. The third kappa shape index (κ3) is 3.47. The second-order valence-corrected chi connectivity index (χ2v) is 5.29. The minimum absolute atomic E-state index is 0.0993. The maximum absolute atomic E-state index is 12.2. The van der Waals surface area contributed by atoms with E-state index in [0.29, 0.717) is 0 Å². The Bertz CT molecular complexity index is 451. The highest BCUT2D eigenvalue weighted by Crippen LogP contribution is 2.26. The highest BCUT2D eigenvalue weighted by atomic mass is 16.5. The molecule has 0 unspecified atom stereocenters. The molecule has 1 aliphatic rings. The molecule has 1 saturated carbocycles. The molecule has 1 aromatic carbocycles. The van der Waals surface area contributed by atoms with E-state index in [4.69, 9.17) is 10.5 Å². The smallest absolute Gasteiger partial charge is 0.227 e. The van der Waals surface area contributed by atoms with E-state index in [1.165, 1.54) is 0 Å². The lowest BCUT2D eigenvalue weighted by atomic mass is 9.86. The lowest BCUT2D eigenvalue weighted by Gasteiger charge is -2.25. The summed E-state index contributed by atoms with van der Waals surface area (Å²) in [6.45, 7) is 1.97. The van der Waals surface area contributed by atoms with Crippen LogP contribution in [0.25, 0.3) is 0 Å². The van der Waals surface area contributed by atoms with Gasteiger partial charge in [-0.05, 0) is 56.4 Å².